The van der Waals surface area contributed by atoms with Gasteiger partial charge in [0.1, 0.15) is 23.4 Å². The Hall–Kier alpha value is -3.87. The highest BCUT2D eigenvalue weighted by molar-refractivity contribution is 5.89. The minimum atomic E-state index is -0.688. The first-order valence-corrected chi connectivity index (χ1v) is 9.89. The predicted octanol–water partition coefficient (Wildman–Crippen LogP) is 2.79. The number of anilines is 2. The highest BCUT2D eigenvalue weighted by Crippen LogP contribution is 2.33. The van der Waals surface area contributed by atoms with E-state index in [1.165, 1.54) is 25.4 Å². The average Bonchev–Trinajstić information content (AvgIpc) is 2.75. The second kappa shape index (κ2) is 8.10. The van der Waals surface area contributed by atoms with Gasteiger partial charge in [-0.15, -0.1) is 0 Å². The number of hydrogen-bond acceptors (Lipinski definition) is 7. The van der Waals surface area contributed by atoms with Crippen LogP contribution in [0, 0.1) is 23.1 Å². The number of benzene rings is 1. The first-order chi connectivity index (χ1) is 14.9. The van der Waals surface area contributed by atoms with Crippen molar-refractivity contribution in [3.05, 3.63) is 40.7 Å². The van der Waals surface area contributed by atoms with Crippen molar-refractivity contribution in [2.75, 3.05) is 11.1 Å². The van der Waals surface area contributed by atoms with Gasteiger partial charge < -0.3 is 11.1 Å². The minimum Gasteiger partial charge on any atom is -0.382 e. The van der Waals surface area contributed by atoms with Crippen molar-refractivity contribution in [1.29, 1.82) is 5.26 Å². The zero-order valence-electron chi connectivity index (χ0n) is 16.8. The van der Waals surface area contributed by atoms with Crippen molar-refractivity contribution < 1.29 is 9.18 Å². The minimum absolute atomic E-state index is 0.00929. The zero-order chi connectivity index (χ0) is 22.1. The number of nitrogens with two attached hydrogens (primary N) is 1. The van der Waals surface area contributed by atoms with Gasteiger partial charge in [0.05, 0.1) is 11.8 Å². The topological polar surface area (TPSA) is 140 Å². The Balaban J connectivity index is 1.88. The van der Waals surface area contributed by atoms with Gasteiger partial charge in [0.25, 0.3) is 5.56 Å². The molecule has 0 atom stereocenters. The number of carbonyl (C=O) groups is 1. The Labute approximate surface area is 176 Å². The fourth-order valence-corrected chi connectivity index (χ4v) is 3.98. The van der Waals surface area contributed by atoms with Crippen molar-refractivity contribution in [3.8, 4) is 17.3 Å². The van der Waals surface area contributed by atoms with Crippen LogP contribution in [-0.2, 0) is 4.79 Å². The van der Waals surface area contributed by atoms with Gasteiger partial charge in [0.15, 0.2) is 11.5 Å². The Kier molecular flexibility index (Phi) is 5.33. The van der Waals surface area contributed by atoms with Crippen molar-refractivity contribution in [2.24, 2.45) is 5.92 Å². The SMILES string of the molecule is CC(=O)Nc1ccc(-c2nc3c(N)ncnc3n(C3CCC(C#N)CC3)c2=O)cc1F. The van der Waals surface area contributed by atoms with Crippen molar-refractivity contribution in [1.82, 2.24) is 19.5 Å². The lowest BCUT2D eigenvalue weighted by atomic mass is 9.87. The highest BCUT2D eigenvalue weighted by Gasteiger charge is 2.27. The van der Waals surface area contributed by atoms with Crippen molar-refractivity contribution >= 4 is 28.6 Å². The number of nitrogen functional groups attached to an aromatic ring is 1. The standard InChI is InChI=1S/C21H20FN7O2/c1-11(30)27-16-7-4-13(8-15(16)22)17-21(31)29(14-5-2-12(9-23)3-6-14)20-18(28-17)19(24)25-10-26-20/h4,7-8,10,12,14H,2-3,5-6H2,1H3,(H,27,30)(H2,24,25,26). The van der Waals surface area contributed by atoms with E-state index in [9.17, 15) is 19.2 Å². The molecule has 0 aliphatic heterocycles. The van der Waals surface area contributed by atoms with Gasteiger partial charge in [-0.2, -0.15) is 5.26 Å². The van der Waals surface area contributed by atoms with Crippen molar-refractivity contribution in [3.63, 3.8) is 0 Å². The van der Waals surface area contributed by atoms with Crippen LogP contribution in [0.25, 0.3) is 22.4 Å². The normalized spacial score (nSPS) is 18.5. The number of halogens is 1. The predicted molar refractivity (Wildman–Crippen MR) is 112 cm³/mol. The molecule has 1 aliphatic carbocycles. The summed E-state index contributed by atoms with van der Waals surface area (Å²) in [7, 11) is 0. The second-order valence-electron chi connectivity index (χ2n) is 7.58. The van der Waals surface area contributed by atoms with Crippen LogP contribution in [0.4, 0.5) is 15.9 Å². The van der Waals surface area contributed by atoms with Gasteiger partial charge in [0.2, 0.25) is 5.91 Å². The van der Waals surface area contributed by atoms with Gasteiger partial charge in [0, 0.05) is 24.4 Å². The average molecular weight is 421 g/mol. The fourth-order valence-electron chi connectivity index (χ4n) is 3.98. The van der Waals surface area contributed by atoms with Crippen LogP contribution in [0.15, 0.2) is 29.3 Å². The van der Waals surface area contributed by atoms with E-state index in [1.807, 2.05) is 0 Å². The molecule has 2 heterocycles. The maximum absolute atomic E-state index is 14.5. The summed E-state index contributed by atoms with van der Waals surface area (Å²) in [5, 5.41) is 11.6. The molecule has 1 fully saturated rings. The lowest BCUT2D eigenvalue weighted by Gasteiger charge is -2.27. The molecule has 0 spiro atoms. The summed E-state index contributed by atoms with van der Waals surface area (Å²) in [6.07, 6.45) is 3.89. The van der Waals surface area contributed by atoms with E-state index in [-0.39, 0.29) is 40.2 Å². The summed E-state index contributed by atoms with van der Waals surface area (Å²) in [4.78, 5) is 37.3. The van der Waals surface area contributed by atoms with E-state index in [0.29, 0.717) is 31.3 Å². The third kappa shape index (κ3) is 3.82. The number of rotatable bonds is 3. The fraction of sp³-hybridized carbons (Fsp3) is 0.333. The molecule has 1 aliphatic rings. The van der Waals surface area contributed by atoms with E-state index in [4.69, 9.17) is 5.73 Å². The van der Waals surface area contributed by atoms with Gasteiger partial charge >= 0.3 is 0 Å². The summed E-state index contributed by atoms with van der Waals surface area (Å²) < 4.78 is 16.1. The molecule has 3 aromatic rings. The maximum atomic E-state index is 14.5. The lowest BCUT2D eigenvalue weighted by molar-refractivity contribution is -0.114. The number of nitriles is 1. The summed E-state index contributed by atoms with van der Waals surface area (Å²) in [6, 6.07) is 6.15. The Morgan fingerprint density at radius 2 is 2.03 bits per heavy atom. The zero-order valence-corrected chi connectivity index (χ0v) is 16.8. The number of fused-ring (bicyclic) bond motifs is 1. The van der Waals surface area contributed by atoms with Crippen molar-refractivity contribution in [2.45, 2.75) is 38.6 Å². The van der Waals surface area contributed by atoms with Crippen LogP contribution in [0.5, 0.6) is 0 Å². The molecule has 0 unspecified atom stereocenters. The number of aromatic nitrogens is 4. The first kappa shape index (κ1) is 20.4. The quantitative estimate of drug-likeness (QED) is 0.663. The molecule has 10 heteroatoms. The van der Waals surface area contributed by atoms with Crippen LogP contribution in [0.1, 0.15) is 38.6 Å². The molecule has 0 radical (unpaired) electrons. The molecule has 1 aromatic carbocycles. The summed E-state index contributed by atoms with van der Waals surface area (Å²) in [5.74, 6) is -1.02. The molecule has 0 bridgehead atoms. The Bertz CT molecular complexity index is 1270. The van der Waals surface area contributed by atoms with E-state index in [1.54, 1.807) is 4.57 Å². The van der Waals surface area contributed by atoms with Crippen LogP contribution in [-0.4, -0.2) is 25.4 Å². The summed E-state index contributed by atoms with van der Waals surface area (Å²) in [5.41, 5.74) is 6.44. The number of amides is 1. The third-order valence-electron chi connectivity index (χ3n) is 5.50. The number of carbonyl (C=O) groups excluding carboxylic acids is 1. The van der Waals surface area contributed by atoms with Gasteiger partial charge in [-0.25, -0.2) is 19.3 Å². The molecule has 1 saturated carbocycles. The Morgan fingerprint density at radius 3 is 2.68 bits per heavy atom. The third-order valence-corrected chi connectivity index (χ3v) is 5.50. The van der Waals surface area contributed by atoms with Crippen LogP contribution < -0.4 is 16.6 Å². The van der Waals surface area contributed by atoms with Crippen LogP contribution >= 0.6 is 0 Å². The highest BCUT2D eigenvalue weighted by atomic mass is 19.1. The Morgan fingerprint density at radius 1 is 1.29 bits per heavy atom. The van der Waals surface area contributed by atoms with Crippen LogP contribution in [0.3, 0.4) is 0 Å². The van der Waals surface area contributed by atoms with Gasteiger partial charge in [-0.3, -0.25) is 14.2 Å². The van der Waals surface area contributed by atoms with E-state index < -0.39 is 17.3 Å². The molecule has 4 rings (SSSR count). The van der Waals surface area contributed by atoms with E-state index >= 15 is 0 Å². The maximum Gasteiger partial charge on any atom is 0.279 e. The van der Waals surface area contributed by atoms with Crippen LogP contribution in [0.2, 0.25) is 0 Å². The first-order valence-electron chi connectivity index (χ1n) is 9.89. The molecule has 2 aromatic heterocycles. The monoisotopic (exact) mass is 421 g/mol. The molecular formula is C21H20FN7O2. The lowest BCUT2D eigenvalue weighted by Crippen LogP contribution is -2.31. The van der Waals surface area contributed by atoms with Gasteiger partial charge in [-0.05, 0) is 37.8 Å². The largest absolute Gasteiger partial charge is 0.382 e. The molecule has 158 valence electrons. The number of hydrogen-bond donors (Lipinski definition) is 2. The smallest absolute Gasteiger partial charge is 0.279 e. The van der Waals surface area contributed by atoms with Gasteiger partial charge in [-0.1, -0.05) is 6.07 Å². The molecule has 1 amide bonds. The summed E-state index contributed by atoms with van der Waals surface area (Å²) in [6.45, 7) is 1.28. The number of nitrogens with one attached hydrogen (secondary N) is 1. The molecule has 9 nitrogen and oxygen atoms in total. The van der Waals surface area contributed by atoms with E-state index in [0.717, 1.165) is 6.07 Å². The summed E-state index contributed by atoms with van der Waals surface area (Å²) >= 11 is 0. The molecule has 3 N–H and O–H groups in total. The second-order valence-corrected chi connectivity index (χ2v) is 7.58. The molecule has 31 heavy (non-hydrogen) atoms. The molecular weight excluding hydrogens is 401 g/mol. The molecule has 0 saturated heterocycles. The van der Waals surface area contributed by atoms with E-state index in [2.05, 4.69) is 26.3 Å². The number of nitrogens with zero attached hydrogens (tertiary/aromatic N) is 5.